The minimum Gasteiger partial charge on any atom is -0.386 e. The van der Waals surface area contributed by atoms with Gasteiger partial charge in [-0.25, -0.2) is 0 Å². The first-order chi connectivity index (χ1) is 7.37. The van der Waals surface area contributed by atoms with Crippen molar-refractivity contribution in [3.63, 3.8) is 0 Å². The summed E-state index contributed by atoms with van der Waals surface area (Å²) >= 11 is 1.67. The van der Waals surface area contributed by atoms with Crippen LogP contribution in [0.3, 0.4) is 0 Å². The van der Waals surface area contributed by atoms with Crippen LogP contribution in [0.4, 0.5) is 0 Å². The Kier molecular flexibility index (Phi) is 3.99. The first-order valence-electron chi connectivity index (χ1n) is 6.40. The summed E-state index contributed by atoms with van der Waals surface area (Å²) in [6.07, 6.45) is 1.30. The number of aliphatic hydroxyl groups is 2. The van der Waals surface area contributed by atoms with Crippen molar-refractivity contribution in [2.75, 3.05) is 11.5 Å². The maximum absolute atomic E-state index is 10.8. The molecule has 2 N–H and O–H groups in total. The molecule has 0 bridgehead atoms. The molecule has 1 fully saturated rings. The average molecular weight is 260 g/mol. The molecule has 1 aliphatic heterocycles. The van der Waals surface area contributed by atoms with Gasteiger partial charge in [0.1, 0.15) is 11.2 Å². The molecule has 0 saturated carbocycles. The van der Waals surface area contributed by atoms with Crippen molar-refractivity contribution in [1.82, 2.24) is 0 Å². The van der Waals surface area contributed by atoms with E-state index in [9.17, 15) is 10.2 Å². The standard InChI is InChI=1S/C14H28O2S/c1-11(2,3)7-13(15)9-17-10-14(13,16)8-12(4,5)6/h15-16H,7-10H2,1-6H3. The van der Waals surface area contributed by atoms with Crippen LogP contribution in [-0.4, -0.2) is 32.9 Å². The van der Waals surface area contributed by atoms with E-state index in [1.807, 2.05) is 0 Å². The van der Waals surface area contributed by atoms with Gasteiger partial charge in [0, 0.05) is 11.5 Å². The van der Waals surface area contributed by atoms with Gasteiger partial charge in [-0.1, -0.05) is 41.5 Å². The van der Waals surface area contributed by atoms with E-state index in [2.05, 4.69) is 41.5 Å². The lowest BCUT2D eigenvalue weighted by molar-refractivity contribution is -0.149. The van der Waals surface area contributed by atoms with E-state index in [1.165, 1.54) is 0 Å². The van der Waals surface area contributed by atoms with Crippen molar-refractivity contribution in [3.05, 3.63) is 0 Å². The van der Waals surface area contributed by atoms with Crippen LogP contribution in [0.15, 0.2) is 0 Å². The first-order valence-corrected chi connectivity index (χ1v) is 7.55. The third kappa shape index (κ3) is 3.87. The van der Waals surface area contributed by atoms with E-state index >= 15 is 0 Å². The van der Waals surface area contributed by atoms with E-state index in [-0.39, 0.29) is 10.8 Å². The number of hydrogen-bond donors (Lipinski definition) is 2. The number of rotatable bonds is 2. The fraction of sp³-hybridized carbons (Fsp3) is 1.00. The highest BCUT2D eigenvalue weighted by atomic mass is 32.2. The maximum atomic E-state index is 10.8. The minimum absolute atomic E-state index is 0.0332. The van der Waals surface area contributed by atoms with Gasteiger partial charge in [0.25, 0.3) is 0 Å². The molecule has 2 nitrogen and oxygen atoms in total. The molecule has 1 aliphatic rings. The van der Waals surface area contributed by atoms with Crippen LogP contribution in [0.25, 0.3) is 0 Å². The molecule has 0 spiro atoms. The second kappa shape index (κ2) is 4.43. The van der Waals surface area contributed by atoms with Crippen LogP contribution < -0.4 is 0 Å². The second-order valence-corrected chi connectivity index (χ2v) is 9.02. The molecule has 0 amide bonds. The van der Waals surface area contributed by atoms with Crippen LogP contribution >= 0.6 is 11.8 Å². The predicted molar refractivity (Wildman–Crippen MR) is 75.4 cm³/mol. The van der Waals surface area contributed by atoms with Gasteiger partial charge in [0.2, 0.25) is 0 Å². The van der Waals surface area contributed by atoms with Crippen molar-refractivity contribution in [2.45, 2.75) is 65.6 Å². The van der Waals surface area contributed by atoms with Crippen molar-refractivity contribution in [3.8, 4) is 0 Å². The topological polar surface area (TPSA) is 40.5 Å². The lowest BCUT2D eigenvalue weighted by Gasteiger charge is -2.44. The third-order valence-corrected chi connectivity index (χ3v) is 4.56. The lowest BCUT2D eigenvalue weighted by Crippen LogP contribution is -2.56. The van der Waals surface area contributed by atoms with Crippen LogP contribution in [0.2, 0.25) is 0 Å². The molecule has 3 heteroatoms. The Morgan fingerprint density at radius 1 is 0.824 bits per heavy atom. The molecule has 102 valence electrons. The first kappa shape index (κ1) is 15.3. The zero-order chi connectivity index (χ0) is 13.5. The Balaban J connectivity index is 2.91. The van der Waals surface area contributed by atoms with E-state index in [0.29, 0.717) is 24.3 Å². The molecule has 0 radical (unpaired) electrons. The average Bonchev–Trinajstić information content (AvgIpc) is 2.18. The van der Waals surface area contributed by atoms with Gasteiger partial charge in [-0.3, -0.25) is 0 Å². The van der Waals surface area contributed by atoms with Gasteiger partial charge in [-0.15, -0.1) is 0 Å². The van der Waals surface area contributed by atoms with E-state index in [0.717, 1.165) is 0 Å². The fourth-order valence-corrected chi connectivity index (χ4v) is 4.36. The summed E-state index contributed by atoms with van der Waals surface area (Å²) in [6.45, 7) is 12.7. The molecule has 0 aliphatic carbocycles. The van der Waals surface area contributed by atoms with Crippen molar-refractivity contribution in [1.29, 1.82) is 0 Å². The summed E-state index contributed by atoms with van der Waals surface area (Å²) in [5.74, 6) is 1.30. The zero-order valence-corrected chi connectivity index (χ0v) is 12.9. The molecule has 0 aromatic heterocycles. The van der Waals surface area contributed by atoms with Crippen LogP contribution in [0.5, 0.6) is 0 Å². The Labute approximate surface area is 110 Å². The van der Waals surface area contributed by atoms with Crippen LogP contribution in [-0.2, 0) is 0 Å². The fourth-order valence-electron chi connectivity index (χ4n) is 2.84. The second-order valence-electron chi connectivity index (χ2n) is 8.03. The summed E-state index contributed by atoms with van der Waals surface area (Å²) in [4.78, 5) is 0. The van der Waals surface area contributed by atoms with Crippen LogP contribution in [0.1, 0.15) is 54.4 Å². The Hall–Kier alpha value is 0.270. The summed E-state index contributed by atoms with van der Waals surface area (Å²) in [5, 5.41) is 21.7. The highest BCUT2D eigenvalue weighted by Gasteiger charge is 2.55. The van der Waals surface area contributed by atoms with Gasteiger partial charge in [-0.05, 0) is 23.7 Å². The third-order valence-electron chi connectivity index (χ3n) is 3.19. The number of thioether (sulfide) groups is 1. The molecule has 17 heavy (non-hydrogen) atoms. The molecule has 1 heterocycles. The Morgan fingerprint density at radius 2 is 1.12 bits per heavy atom. The van der Waals surface area contributed by atoms with Crippen molar-refractivity contribution >= 4 is 11.8 Å². The van der Waals surface area contributed by atoms with E-state index in [1.54, 1.807) is 11.8 Å². The summed E-state index contributed by atoms with van der Waals surface area (Å²) in [6, 6.07) is 0. The van der Waals surface area contributed by atoms with Crippen molar-refractivity contribution in [2.24, 2.45) is 10.8 Å². The minimum atomic E-state index is -0.941. The van der Waals surface area contributed by atoms with Gasteiger partial charge in [-0.2, -0.15) is 11.8 Å². The molecular formula is C14H28O2S. The highest BCUT2D eigenvalue weighted by Crippen LogP contribution is 2.48. The highest BCUT2D eigenvalue weighted by molar-refractivity contribution is 7.99. The van der Waals surface area contributed by atoms with Gasteiger partial charge < -0.3 is 10.2 Å². The summed E-state index contributed by atoms with van der Waals surface area (Å²) in [7, 11) is 0. The molecule has 2 atom stereocenters. The SMILES string of the molecule is CC(C)(C)CC1(O)CSCC1(O)CC(C)(C)C. The summed E-state index contributed by atoms with van der Waals surface area (Å²) in [5.41, 5.74) is -1.82. The zero-order valence-electron chi connectivity index (χ0n) is 12.1. The quantitative estimate of drug-likeness (QED) is 0.801. The molecule has 1 rings (SSSR count). The smallest absolute Gasteiger partial charge is 0.104 e. The normalized spacial score (nSPS) is 35.3. The molecule has 0 aromatic carbocycles. The van der Waals surface area contributed by atoms with Crippen LogP contribution in [0, 0.1) is 10.8 Å². The molecule has 1 saturated heterocycles. The summed E-state index contributed by atoms with van der Waals surface area (Å²) < 4.78 is 0. The monoisotopic (exact) mass is 260 g/mol. The van der Waals surface area contributed by atoms with E-state index < -0.39 is 11.2 Å². The lowest BCUT2D eigenvalue weighted by atomic mass is 9.69. The van der Waals surface area contributed by atoms with E-state index in [4.69, 9.17) is 0 Å². The Morgan fingerprint density at radius 3 is 1.35 bits per heavy atom. The van der Waals surface area contributed by atoms with Gasteiger partial charge in [0.15, 0.2) is 0 Å². The predicted octanol–water partition coefficient (Wildman–Crippen LogP) is 3.07. The molecule has 2 unspecified atom stereocenters. The maximum Gasteiger partial charge on any atom is 0.104 e. The van der Waals surface area contributed by atoms with Gasteiger partial charge in [0.05, 0.1) is 0 Å². The van der Waals surface area contributed by atoms with Crippen molar-refractivity contribution < 1.29 is 10.2 Å². The molecule has 0 aromatic rings. The molecular weight excluding hydrogens is 232 g/mol. The Bertz CT molecular complexity index is 249. The number of hydrogen-bond acceptors (Lipinski definition) is 3. The largest absolute Gasteiger partial charge is 0.386 e. The van der Waals surface area contributed by atoms with Gasteiger partial charge >= 0.3 is 0 Å².